The molecule has 0 unspecified atom stereocenters. The fourth-order valence-electron chi connectivity index (χ4n) is 6.13. The second kappa shape index (κ2) is 10.5. The summed E-state index contributed by atoms with van der Waals surface area (Å²) in [5.74, 6) is -1.23. The number of nitrogens with zero attached hydrogens (tertiary/aromatic N) is 3. The number of hydrogen-bond acceptors (Lipinski definition) is 6. The number of carbonyl (C=O) groups excluding carboxylic acids is 3. The molecule has 3 fully saturated rings. The van der Waals surface area contributed by atoms with E-state index in [1.165, 1.54) is 0 Å². The fraction of sp³-hybridized carbons (Fsp3) is 0.679. The van der Waals surface area contributed by atoms with Crippen LogP contribution in [0.5, 0.6) is 0 Å². The molecule has 198 valence electrons. The molecule has 3 aliphatic heterocycles. The number of rotatable bonds is 8. The van der Waals surface area contributed by atoms with Gasteiger partial charge >= 0.3 is 0 Å². The Morgan fingerprint density at radius 3 is 2.47 bits per heavy atom. The fourth-order valence-corrected chi connectivity index (χ4v) is 6.13. The van der Waals surface area contributed by atoms with Gasteiger partial charge in [0.2, 0.25) is 11.8 Å². The average Bonchev–Trinajstić information content (AvgIpc) is 3.40. The van der Waals surface area contributed by atoms with Crippen LogP contribution in [0.1, 0.15) is 69.3 Å². The lowest BCUT2D eigenvalue weighted by atomic mass is 9.71. The maximum Gasteiger partial charge on any atom is 0.249 e. The predicted molar refractivity (Wildman–Crippen MR) is 140 cm³/mol. The van der Waals surface area contributed by atoms with Gasteiger partial charge in [-0.1, -0.05) is 34.6 Å². The smallest absolute Gasteiger partial charge is 0.249 e. The van der Waals surface area contributed by atoms with E-state index in [1.807, 2.05) is 19.1 Å². The van der Waals surface area contributed by atoms with Crippen molar-refractivity contribution in [1.29, 1.82) is 0 Å². The van der Waals surface area contributed by atoms with Crippen LogP contribution in [0.4, 0.5) is 5.69 Å². The number of Topliss-reactive ketones (excluding diaryl/α,β-unsaturated/α-hetero) is 1. The second-order valence-electron chi connectivity index (χ2n) is 11.4. The Kier molecular flexibility index (Phi) is 7.76. The van der Waals surface area contributed by atoms with Crippen LogP contribution in [0, 0.1) is 11.3 Å². The van der Waals surface area contributed by atoms with Crippen molar-refractivity contribution >= 4 is 23.3 Å². The van der Waals surface area contributed by atoms with Gasteiger partial charge in [-0.25, -0.2) is 0 Å². The van der Waals surface area contributed by atoms with Crippen LogP contribution in [0.25, 0.3) is 0 Å². The lowest BCUT2D eigenvalue weighted by Gasteiger charge is -2.39. The highest BCUT2D eigenvalue weighted by Gasteiger charge is 2.53. The molecule has 1 aromatic rings. The number of ether oxygens (including phenoxy) is 1. The Balaban J connectivity index is 1.72. The monoisotopic (exact) mass is 498 g/mol. The van der Waals surface area contributed by atoms with Gasteiger partial charge in [0.15, 0.2) is 5.78 Å². The van der Waals surface area contributed by atoms with E-state index in [2.05, 4.69) is 37.5 Å². The van der Waals surface area contributed by atoms with E-state index in [-0.39, 0.29) is 30.3 Å². The molecular weight excluding hydrogens is 456 g/mol. The van der Waals surface area contributed by atoms with E-state index in [4.69, 9.17) is 10.5 Å². The minimum atomic E-state index is -0.606. The summed E-state index contributed by atoms with van der Waals surface area (Å²) in [4.78, 5) is 46.1. The largest absolute Gasteiger partial charge is 0.369 e. The SMILES string of the molecule is CCCN1CCN(c2ccc(C(N)=O)c([C@@H](C(=O)N3C[C@@H](C)[C@H]4OCC(=O)[C@H]43)C(C)(C)CC)c2)CC1. The van der Waals surface area contributed by atoms with Crippen molar-refractivity contribution in [2.24, 2.45) is 17.1 Å². The third-order valence-electron chi connectivity index (χ3n) is 8.55. The summed E-state index contributed by atoms with van der Waals surface area (Å²) in [6.45, 7) is 15.8. The maximum absolute atomic E-state index is 14.3. The summed E-state index contributed by atoms with van der Waals surface area (Å²) in [7, 11) is 0. The summed E-state index contributed by atoms with van der Waals surface area (Å²) in [6, 6.07) is 5.17. The van der Waals surface area contributed by atoms with Gasteiger partial charge in [0, 0.05) is 49.9 Å². The Morgan fingerprint density at radius 2 is 1.86 bits per heavy atom. The lowest BCUT2D eigenvalue weighted by Crippen LogP contribution is -2.48. The number of carbonyl (C=O) groups is 3. The number of primary amides is 1. The van der Waals surface area contributed by atoms with E-state index in [9.17, 15) is 14.4 Å². The van der Waals surface area contributed by atoms with Crippen molar-refractivity contribution in [2.45, 2.75) is 65.5 Å². The van der Waals surface area contributed by atoms with Gasteiger partial charge in [-0.15, -0.1) is 0 Å². The van der Waals surface area contributed by atoms with Crippen molar-refractivity contribution in [2.75, 3.05) is 50.8 Å². The topological polar surface area (TPSA) is 96.2 Å². The highest BCUT2D eigenvalue weighted by molar-refractivity contribution is 5.99. The third-order valence-corrected chi connectivity index (χ3v) is 8.55. The van der Waals surface area contributed by atoms with Crippen molar-refractivity contribution < 1.29 is 19.1 Å². The number of hydrogen-bond donors (Lipinski definition) is 1. The molecule has 4 rings (SSSR count). The first-order chi connectivity index (χ1) is 17.1. The Labute approximate surface area is 215 Å². The molecular formula is C28H42N4O4. The van der Waals surface area contributed by atoms with Crippen molar-refractivity contribution in [3.05, 3.63) is 29.3 Å². The zero-order valence-corrected chi connectivity index (χ0v) is 22.5. The highest BCUT2D eigenvalue weighted by atomic mass is 16.5. The molecule has 0 bridgehead atoms. The zero-order valence-electron chi connectivity index (χ0n) is 22.5. The highest BCUT2D eigenvalue weighted by Crippen LogP contribution is 2.44. The Bertz CT molecular complexity index is 1000. The van der Waals surface area contributed by atoms with E-state index in [0.717, 1.165) is 51.3 Å². The molecule has 0 aromatic heterocycles. The van der Waals surface area contributed by atoms with Gasteiger partial charge in [0.25, 0.3) is 0 Å². The number of anilines is 1. The molecule has 0 saturated carbocycles. The van der Waals surface area contributed by atoms with E-state index in [1.54, 1.807) is 11.0 Å². The normalized spacial score (nSPS) is 25.8. The summed E-state index contributed by atoms with van der Waals surface area (Å²) < 4.78 is 5.74. The standard InChI is InChI=1S/C28H42N4O4/c1-6-10-30-11-13-31(14-12-30)19-8-9-20(26(29)34)21(15-19)23(28(4,5)7-2)27(35)32-16-18(3)25-24(32)22(33)17-36-25/h8-9,15,18,23-25H,6-7,10-14,16-17H2,1-5H3,(H2,29,34)/t18-,23+,24-,25-/m1/s1. The van der Waals surface area contributed by atoms with Gasteiger partial charge in [0.1, 0.15) is 12.6 Å². The van der Waals surface area contributed by atoms with Gasteiger partial charge in [-0.05, 0) is 48.6 Å². The Hall–Kier alpha value is -2.45. The minimum Gasteiger partial charge on any atom is -0.369 e. The van der Waals surface area contributed by atoms with Crippen molar-refractivity contribution in [3.63, 3.8) is 0 Å². The number of nitrogens with two attached hydrogens (primary N) is 1. The van der Waals surface area contributed by atoms with Crippen LogP contribution in [-0.2, 0) is 14.3 Å². The van der Waals surface area contributed by atoms with Crippen LogP contribution < -0.4 is 10.6 Å². The number of piperazine rings is 1. The van der Waals surface area contributed by atoms with Crippen molar-refractivity contribution in [3.8, 4) is 0 Å². The molecule has 36 heavy (non-hydrogen) atoms. The molecule has 0 spiro atoms. The number of amides is 2. The van der Waals surface area contributed by atoms with Gasteiger partial charge in [0.05, 0.1) is 12.0 Å². The van der Waals surface area contributed by atoms with Gasteiger partial charge in [-0.2, -0.15) is 0 Å². The van der Waals surface area contributed by atoms with Crippen LogP contribution in [-0.4, -0.2) is 85.4 Å². The van der Waals surface area contributed by atoms with E-state index < -0.39 is 23.3 Å². The summed E-state index contributed by atoms with van der Waals surface area (Å²) >= 11 is 0. The molecule has 8 nitrogen and oxygen atoms in total. The lowest BCUT2D eigenvalue weighted by molar-refractivity contribution is -0.140. The molecule has 3 saturated heterocycles. The quantitative estimate of drug-likeness (QED) is 0.592. The molecule has 1 aromatic carbocycles. The van der Waals surface area contributed by atoms with Crippen LogP contribution in [0.2, 0.25) is 0 Å². The second-order valence-corrected chi connectivity index (χ2v) is 11.4. The number of likely N-dealkylation sites (tertiary alicyclic amines) is 1. The zero-order chi connectivity index (χ0) is 26.2. The molecule has 4 atom stereocenters. The first-order valence-electron chi connectivity index (χ1n) is 13.4. The molecule has 2 amide bonds. The van der Waals surface area contributed by atoms with Crippen LogP contribution >= 0.6 is 0 Å². The minimum absolute atomic E-state index is 0.0421. The van der Waals surface area contributed by atoms with Crippen molar-refractivity contribution in [1.82, 2.24) is 9.80 Å². The number of benzene rings is 1. The molecule has 0 radical (unpaired) electrons. The van der Waals surface area contributed by atoms with Gasteiger partial charge in [-0.3, -0.25) is 19.3 Å². The van der Waals surface area contributed by atoms with Gasteiger partial charge < -0.3 is 20.3 Å². The molecule has 2 N–H and O–H groups in total. The Morgan fingerprint density at radius 1 is 1.17 bits per heavy atom. The maximum atomic E-state index is 14.3. The van der Waals surface area contributed by atoms with Crippen LogP contribution in [0.3, 0.4) is 0 Å². The number of ketones is 1. The molecule has 3 heterocycles. The summed E-state index contributed by atoms with van der Waals surface area (Å²) in [5, 5.41) is 0. The first-order valence-corrected chi connectivity index (χ1v) is 13.4. The average molecular weight is 499 g/mol. The summed E-state index contributed by atoms with van der Waals surface area (Å²) in [6.07, 6.45) is 1.61. The van der Waals surface area contributed by atoms with Crippen LogP contribution in [0.15, 0.2) is 18.2 Å². The number of fused-ring (bicyclic) bond motifs is 1. The molecule has 8 heteroatoms. The van der Waals surface area contributed by atoms with E-state index >= 15 is 0 Å². The molecule has 0 aliphatic carbocycles. The third kappa shape index (κ3) is 4.90. The predicted octanol–water partition coefficient (Wildman–Crippen LogP) is 2.65. The first kappa shape index (κ1) is 26.6. The summed E-state index contributed by atoms with van der Waals surface area (Å²) in [5.41, 5.74) is 7.43. The van der Waals surface area contributed by atoms with E-state index in [0.29, 0.717) is 17.7 Å². The molecule has 3 aliphatic rings.